The average molecular weight is 416 g/mol. The number of ether oxygens (including phenoxy) is 1. The lowest BCUT2D eigenvalue weighted by Crippen LogP contribution is -2.57. The van der Waals surface area contributed by atoms with Gasteiger partial charge < -0.3 is 25.2 Å². The van der Waals surface area contributed by atoms with Gasteiger partial charge in [-0.1, -0.05) is 26.0 Å². The number of hydrogen-bond donors (Lipinski definition) is 2. The zero-order valence-electron chi connectivity index (χ0n) is 18.6. The maximum atomic E-state index is 12.3. The molecule has 2 heterocycles. The second-order valence-electron chi connectivity index (χ2n) is 9.13. The SMILES string of the molecule is CC(C)C(=O)Nc1ccc(CNC2=NCC3CN(C(=O)OC(C)(C)C)CCN23)cc1. The molecular formula is C22H33N5O3. The van der Waals surface area contributed by atoms with Crippen molar-refractivity contribution in [1.82, 2.24) is 15.1 Å². The highest BCUT2D eigenvalue weighted by Crippen LogP contribution is 2.19. The molecule has 1 aromatic rings. The van der Waals surface area contributed by atoms with Gasteiger partial charge in [-0.15, -0.1) is 0 Å². The lowest BCUT2D eigenvalue weighted by molar-refractivity contribution is -0.118. The summed E-state index contributed by atoms with van der Waals surface area (Å²) in [6.45, 7) is 12.7. The summed E-state index contributed by atoms with van der Waals surface area (Å²) < 4.78 is 5.49. The molecule has 2 aliphatic rings. The van der Waals surface area contributed by atoms with Crippen molar-refractivity contribution in [3.05, 3.63) is 29.8 Å². The van der Waals surface area contributed by atoms with Gasteiger partial charge in [0.15, 0.2) is 5.96 Å². The van der Waals surface area contributed by atoms with E-state index < -0.39 is 5.60 Å². The van der Waals surface area contributed by atoms with Crippen molar-refractivity contribution in [1.29, 1.82) is 0 Å². The summed E-state index contributed by atoms with van der Waals surface area (Å²) in [5.74, 6) is 0.842. The van der Waals surface area contributed by atoms with Gasteiger partial charge in [0.1, 0.15) is 5.60 Å². The van der Waals surface area contributed by atoms with E-state index in [1.165, 1.54) is 0 Å². The smallest absolute Gasteiger partial charge is 0.410 e. The van der Waals surface area contributed by atoms with E-state index in [4.69, 9.17) is 4.74 Å². The Morgan fingerprint density at radius 3 is 2.53 bits per heavy atom. The fraction of sp³-hybridized carbons (Fsp3) is 0.591. The van der Waals surface area contributed by atoms with Crippen molar-refractivity contribution in [2.24, 2.45) is 10.9 Å². The zero-order valence-corrected chi connectivity index (χ0v) is 18.6. The number of anilines is 1. The van der Waals surface area contributed by atoms with Gasteiger partial charge in [0.05, 0.1) is 12.6 Å². The van der Waals surface area contributed by atoms with Crippen LogP contribution in [-0.2, 0) is 16.1 Å². The van der Waals surface area contributed by atoms with Crippen molar-refractivity contribution in [3.63, 3.8) is 0 Å². The number of fused-ring (bicyclic) bond motifs is 1. The van der Waals surface area contributed by atoms with Crippen LogP contribution >= 0.6 is 0 Å². The third kappa shape index (κ3) is 5.64. The maximum absolute atomic E-state index is 12.3. The highest BCUT2D eigenvalue weighted by atomic mass is 16.6. The molecule has 30 heavy (non-hydrogen) atoms. The topological polar surface area (TPSA) is 86.3 Å². The molecule has 2 N–H and O–H groups in total. The van der Waals surface area contributed by atoms with Crippen LogP contribution in [0.5, 0.6) is 0 Å². The summed E-state index contributed by atoms with van der Waals surface area (Å²) in [7, 11) is 0. The molecule has 2 aliphatic heterocycles. The van der Waals surface area contributed by atoms with Gasteiger partial charge in [-0.3, -0.25) is 9.79 Å². The predicted octanol–water partition coefficient (Wildman–Crippen LogP) is 2.66. The van der Waals surface area contributed by atoms with Crippen LogP contribution in [-0.4, -0.2) is 65.6 Å². The van der Waals surface area contributed by atoms with Crippen LogP contribution < -0.4 is 10.6 Å². The third-order valence-corrected chi connectivity index (χ3v) is 5.05. The van der Waals surface area contributed by atoms with Crippen LogP contribution in [0.3, 0.4) is 0 Å². The first-order chi connectivity index (χ1) is 14.1. The van der Waals surface area contributed by atoms with Crippen molar-refractivity contribution < 1.29 is 14.3 Å². The normalized spacial score (nSPS) is 18.7. The van der Waals surface area contributed by atoms with Crippen LogP contribution in [0.25, 0.3) is 0 Å². The number of carbonyl (C=O) groups excluding carboxylic acids is 2. The molecule has 0 aliphatic carbocycles. The van der Waals surface area contributed by atoms with Crippen LogP contribution in [0.1, 0.15) is 40.2 Å². The molecule has 1 saturated heterocycles. The van der Waals surface area contributed by atoms with Crippen molar-refractivity contribution in [3.8, 4) is 0 Å². The highest BCUT2D eigenvalue weighted by molar-refractivity contribution is 5.92. The molecule has 0 radical (unpaired) electrons. The summed E-state index contributed by atoms with van der Waals surface area (Å²) in [5.41, 5.74) is 1.42. The fourth-order valence-electron chi connectivity index (χ4n) is 3.40. The van der Waals surface area contributed by atoms with Crippen LogP contribution in [0.4, 0.5) is 10.5 Å². The summed E-state index contributed by atoms with van der Waals surface area (Å²) in [5, 5.41) is 6.31. The van der Waals surface area contributed by atoms with Gasteiger partial charge in [-0.2, -0.15) is 0 Å². The Kier molecular flexibility index (Phi) is 6.53. The third-order valence-electron chi connectivity index (χ3n) is 5.05. The summed E-state index contributed by atoms with van der Waals surface area (Å²) >= 11 is 0. The minimum Gasteiger partial charge on any atom is -0.444 e. The van der Waals surface area contributed by atoms with E-state index in [9.17, 15) is 9.59 Å². The van der Waals surface area contributed by atoms with Crippen LogP contribution in [0.2, 0.25) is 0 Å². The highest BCUT2D eigenvalue weighted by Gasteiger charge is 2.36. The Bertz CT molecular complexity index is 798. The van der Waals surface area contributed by atoms with Gasteiger partial charge in [-0.25, -0.2) is 4.79 Å². The second-order valence-corrected chi connectivity index (χ2v) is 9.13. The molecule has 0 spiro atoms. The number of nitrogens with zero attached hydrogens (tertiary/aromatic N) is 3. The number of benzene rings is 1. The van der Waals surface area contributed by atoms with Crippen LogP contribution in [0, 0.1) is 5.92 Å². The largest absolute Gasteiger partial charge is 0.444 e. The first-order valence-corrected chi connectivity index (χ1v) is 10.5. The first-order valence-electron chi connectivity index (χ1n) is 10.5. The molecule has 8 heteroatoms. The molecule has 0 bridgehead atoms. The number of piperazine rings is 1. The predicted molar refractivity (Wildman–Crippen MR) is 117 cm³/mol. The second kappa shape index (κ2) is 8.93. The lowest BCUT2D eigenvalue weighted by Gasteiger charge is -2.39. The molecule has 3 rings (SSSR count). The molecule has 2 amide bonds. The molecule has 1 aromatic carbocycles. The van der Waals surface area contributed by atoms with Gasteiger partial charge in [0.25, 0.3) is 0 Å². The Labute approximate surface area is 178 Å². The number of guanidine groups is 1. The Balaban J connectivity index is 1.48. The molecule has 0 aromatic heterocycles. The van der Waals surface area contributed by atoms with E-state index in [0.29, 0.717) is 26.2 Å². The van der Waals surface area contributed by atoms with E-state index >= 15 is 0 Å². The molecule has 1 atom stereocenters. The van der Waals surface area contributed by atoms with Crippen molar-refractivity contribution >= 4 is 23.6 Å². The van der Waals surface area contributed by atoms with E-state index in [-0.39, 0.29) is 24.0 Å². The number of rotatable bonds is 4. The Morgan fingerprint density at radius 1 is 1.20 bits per heavy atom. The van der Waals surface area contributed by atoms with Gasteiger partial charge in [-0.05, 0) is 38.5 Å². The lowest BCUT2D eigenvalue weighted by atomic mass is 10.1. The van der Waals surface area contributed by atoms with Crippen LogP contribution in [0.15, 0.2) is 29.3 Å². The summed E-state index contributed by atoms with van der Waals surface area (Å²) in [6.07, 6.45) is -0.256. The summed E-state index contributed by atoms with van der Waals surface area (Å²) in [4.78, 5) is 32.8. The molecular weight excluding hydrogens is 382 g/mol. The fourth-order valence-corrected chi connectivity index (χ4v) is 3.40. The van der Waals surface area contributed by atoms with Crippen molar-refractivity contribution in [2.45, 2.75) is 52.8 Å². The standard InChI is InChI=1S/C22H33N5O3/c1-15(2)19(28)25-17-8-6-16(7-9-17)12-23-20-24-13-18-14-26(10-11-27(18)20)21(29)30-22(3,4)5/h6-9,15,18H,10-14H2,1-5H3,(H,23,24)(H,25,28). The number of aliphatic imine (C=N–C) groups is 1. The summed E-state index contributed by atoms with van der Waals surface area (Å²) in [6, 6.07) is 8.00. The first kappa shape index (κ1) is 21.9. The van der Waals surface area contributed by atoms with Crippen molar-refractivity contribution in [2.75, 3.05) is 31.5 Å². The number of hydrogen-bond acceptors (Lipinski definition) is 6. The monoisotopic (exact) mass is 415 g/mol. The maximum Gasteiger partial charge on any atom is 0.410 e. The molecule has 0 saturated carbocycles. The van der Waals surface area contributed by atoms with E-state index in [1.807, 2.05) is 58.9 Å². The van der Waals surface area contributed by atoms with E-state index in [1.54, 1.807) is 4.90 Å². The van der Waals surface area contributed by atoms with Gasteiger partial charge >= 0.3 is 6.09 Å². The molecule has 8 nitrogen and oxygen atoms in total. The quantitative estimate of drug-likeness (QED) is 0.790. The number of carbonyl (C=O) groups is 2. The molecule has 1 fully saturated rings. The minimum atomic E-state index is -0.486. The number of nitrogens with one attached hydrogen (secondary N) is 2. The van der Waals surface area contributed by atoms with Gasteiger partial charge in [0.2, 0.25) is 5.91 Å². The van der Waals surface area contributed by atoms with Gasteiger partial charge in [0, 0.05) is 37.8 Å². The average Bonchev–Trinajstić information content (AvgIpc) is 3.08. The zero-order chi connectivity index (χ0) is 21.9. The molecule has 1 unspecified atom stereocenters. The Hall–Kier alpha value is -2.77. The number of amides is 2. The molecule has 164 valence electrons. The van der Waals surface area contributed by atoms with E-state index in [0.717, 1.165) is 23.8 Å². The Morgan fingerprint density at radius 2 is 1.90 bits per heavy atom. The minimum absolute atomic E-state index is 0.0118. The van der Waals surface area contributed by atoms with E-state index in [2.05, 4.69) is 20.5 Å².